The van der Waals surface area contributed by atoms with Crippen LogP contribution in [-0.2, 0) is 0 Å². The van der Waals surface area contributed by atoms with E-state index in [4.69, 9.17) is 0 Å². The van der Waals surface area contributed by atoms with Gasteiger partial charge in [-0.05, 0) is 82.6 Å². The topological polar surface area (TPSA) is 0 Å². The molecule has 0 bridgehead atoms. The molecule has 120 valence electrons. The van der Waals surface area contributed by atoms with E-state index < -0.39 is 0 Å². The Hall–Kier alpha value is -1.38. The van der Waals surface area contributed by atoms with E-state index in [1.54, 1.807) is 0 Å². The van der Waals surface area contributed by atoms with Crippen molar-refractivity contribution in [2.24, 2.45) is 0 Å². The minimum absolute atomic E-state index is 0.435. The average molecular weight is 442 g/mol. The zero-order valence-corrected chi connectivity index (χ0v) is 17.1. The molecule has 1 aliphatic carbocycles. The lowest BCUT2D eigenvalue weighted by molar-refractivity contribution is 0.956. The van der Waals surface area contributed by atoms with Gasteiger partial charge in [0, 0.05) is 14.9 Å². The number of hydrogen-bond donors (Lipinski definition) is 0. The third-order valence-corrected chi connectivity index (χ3v) is 6.45. The number of halogens is 2. The van der Waals surface area contributed by atoms with Crippen LogP contribution in [0.15, 0.2) is 57.5 Å². The van der Waals surface area contributed by atoms with Crippen molar-refractivity contribution in [2.45, 2.75) is 26.7 Å². The Morgan fingerprint density at radius 2 is 1.38 bits per heavy atom. The van der Waals surface area contributed by atoms with Gasteiger partial charge in [0.1, 0.15) is 0 Å². The molecule has 0 N–H and O–H groups in total. The molecule has 0 saturated heterocycles. The summed E-state index contributed by atoms with van der Waals surface area (Å²) in [6.45, 7) is 6.64. The van der Waals surface area contributed by atoms with Crippen molar-refractivity contribution in [2.75, 3.05) is 0 Å². The molecule has 0 unspecified atom stereocenters. The van der Waals surface area contributed by atoms with Crippen LogP contribution in [0.1, 0.15) is 35.1 Å². The highest BCUT2D eigenvalue weighted by atomic mass is 79.9. The van der Waals surface area contributed by atoms with Gasteiger partial charge in [0.05, 0.1) is 0 Å². The summed E-state index contributed by atoms with van der Waals surface area (Å²) in [4.78, 5) is 0. The third-order valence-electron chi connectivity index (χ3n) is 5.10. The maximum Gasteiger partial charge on any atom is 0.0207 e. The second-order valence-electron chi connectivity index (χ2n) is 6.67. The molecule has 4 rings (SSSR count). The van der Waals surface area contributed by atoms with Crippen LogP contribution >= 0.6 is 31.9 Å². The number of rotatable bonds is 1. The predicted molar refractivity (Wildman–Crippen MR) is 110 cm³/mol. The zero-order chi connectivity index (χ0) is 17.0. The molecule has 0 nitrogen and oxygen atoms in total. The van der Waals surface area contributed by atoms with Gasteiger partial charge >= 0.3 is 0 Å². The molecule has 2 heteroatoms. The van der Waals surface area contributed by atoms with Crippen molar-refractivity contribution in [3.05, 3.63) is 79.7 Å². The van der Waals surface area contributed by atoms with Crippen LogP contribution in [0.25, 0.3) is 22.3 Å². The van der Waals surface area contributed by atoms with Crippen molar-refractivity contribution < 1.29 is 0 Å². The van der Waals surface area contributed by atoms with Gasteiger partial charge in [-0.3, -0.25) is 0 Å². The highest BCUT2D eigenvalue weighted by Crippen LogP contribution is 2.46. The maximum atomic E-state index is 3.63. The lowest BCUT2D eigenvalue weighted by atomic mass is 9.93. The standard InChI is InChI=1S/C22H18Br2/c1-12-9-22(24)13(2)8-19(12)15-4-6-17-18-7-5-16(23)11-21(18)14(3)20(17)10-15/h4-11,14H,1-3H3/t14-/m0/s1. The monoisotopic (exact) mass is 440 g/mol. The van der Waals surface area contributed by atoms with E-state index in [0.29, 0.717) is 5.92 Å². The fraction of sp³-hybridized carbons (Fsp3) is 0.182. The first-order valence-corrected chi connectivity index (χ1v) is 9.75. The first-order valence-electron chi connectivity index (χ1n) is 8.16. The Kier molecular flexibility index (Phi) is 3.93. The van der Waals surface area contributed by atoms with Gasteiger partial charge in [0.2, 0.25) is 0 Å². The molecule has 0 saturated carbocycles. The first kappa shape index (κ1) is 16.1. The first-order chi connectivity index (χ1) is 11.5. The summed E-state index contributed by atoms with van der Waals surface area (Å²) in [6, 6.07) is 18.1. The lowest BCUT2D eigenvalue weighted by Gasteiger charge is -2.12. The van der Waals surface area contributed by atoms with E-state index in [2.05, 4.69) is 101 Å². The van der Waals surface area contributed by atoms with Crippen molar-refractivity contribution in [1.82, 2.24) is 0 Å². The second-order valence-corrected chi connectivity index (χ2v) is 8.44. The van der Waals surface area contributed by atoms with Crippen LogP contribution in [-0.4, -0.2) is 0 Å². The molecule has 0 radical (unpaired) electrons. The van der Waals surface area contributed by atoms with Crippen LogP contribution < -0.4 is 0 Å². The zero-order valence-electron chi connectivity index (χ0n) is 14.0. The molecule has 3 aromatic rings. The van der Waals surface area contributed by atoms with Gasteiger partial charge in [-0.1, -0.05) is 63.0 Å². The molecule has 3 aromatic carbocycles. The van der Waals surface area contributed by atoms with Gasteiger partial charge < -0.3 is 0 Å². The van der Waals surface area contributed by atoms with E-state index in [-0.39, 0.29) is 0 Å². The van der Waals surface area contributed by atoms with Gasteiger partial charge in [-0.2, -0.15) is 0 Å². The quantitative estimate of drug-likeness (QED) is 0.364. The molecule has 0 heterocycles. The summed E-state index contributed by atoms with van der Waals surface area (Å²) < 4.78 is 2.33. The predicted octanol–water partition coefficient (Wildman–Crippen LogP) is 7.63. The van der Waals surface area contributed by atoms with E-state index >= 15 is 0 Å². The molecular weight excluding hydrogens is 424 g/mol. The summed E-state index contributed by atoms with van der Waals surface area (Å²) in [5.74, 6) is 0.435. The largest absolute Gasteiger partial charge is 0.0542 e. The van der Waals surface area contributed by atoms with E-state index in [1.165, 1.54) is 49.0 Å². The molecule has 0 fully saturated rings. The molecule has 24 heavy (non-hydrogen) atoms. The second kappa shape index (κ2) is 5.86. The van der Waals surface area contributed by atoms with Crippen LogP contribution in [0.3, 0.4) is 0 Å². The number of fused-ring (bicyclic) bond motifs is 3. The Morgan fingerprint density at radius 1 is 0.708 bits per heavy atom. The maximum absolute atomic E-state index is 3.63. The molecule has 0 aliphatic heterocycles. The van der Waals surface area contributed by atoms with Crippen molar-refractivity contribution in [3.63, 3.8) is 0 Å². The lowest BCUT2D eigenvalue weighted by Crippen LogP contribution is -1.92. The minimum Gasteiger partial charge on any atom is -0.0542 e. The molecule has 1 atom stereocenters. The smallest absolute Gasteiger partial charge is 0.0207 e. The van der Waals surface area contributed by atoms with Crippen molar-refractivity contribution in [1.29, 1.82) is 0 Å². The summed E-state index contributed by atoms with van der Waals surface area (Å²) >= 11 is 7.24. The normalized spacial score (nSPS) is 15.3. The van der Waals surface area contributed by atoms with Crippen LogP contribution in [0.5, 0.6) is 0 Å². The van der Waals surface area contributed by atoms with Gasteiger partial charge in [0.25, 0.3) is 0 Å². The number of aryl methyl sites for hydroxylation is 2. The molecule has 1 aliphatic rings. The van der Waals surface area contributed by atoms with E-state index in [1.807, 2.05) is 0 Å². The molecule has 0 spiro atoms. The van der Waals surface area contributed by atoms with Crippen LogP contribution in [0, 0.1) is 13.8 Å². The molecule has 0 amide bonds. The summed E-state index contributed by atoms with van der Waals surface area (Å²) in [7, 11) is 0. The minimum atomic E-state index is 0.435. The highest BCUT2D eigenvalue weighted by molar-refractivity contribution is 9.10. The van der Waals surface area contributed by atoms with E-state index in [0.717, 1.165) is 4.47 Å². The summed E-state index contributed by atoms with van der Waals surface area (Å²) in [6.07, 6.45) is 0. The SMILES string of the molecule is Cc1cc(-c2ccc3c(c2)[C@H](C)c2cc(Br)ccc2-3)c(C)cc1Br. The Balaban J connectivity index is 1.87. The van der Waals surface area contributed by atoms with E-state index in [9.17, 15) is 0 Å². The fourth-order valence-corrected chi connectivity index (χ4v) is 4.57. The fourth-order valence-electron chi connectivity index (χ4n) is 3.73. The van der Waals surface area contributed by atoms with Crippen LogP contribution in [0.2, 0.25) is 0 Å². The number of hydrogen-bond acceptors (Lipinski definition) is 0. The Bertz CT molecular complexity index is 970. The molecule has 0 aromatic heterocycles. The van der Waals surface area contributed by atoms with Gasteiger partial charge in [0.15, 0.2) is 0 Å². The summed E-state index contributed by atoms with van der Waals surface area (Å²) in [5.41, 5.74) is 10.8. The third kappa shape index (κ3) is 2.48. The van der Waals surface area contributed by atoms with Crippen molar-refractivity contribution >= 4 is 31.9 Å². The number of benzene rings is 3. The van der Waals surface area contributed by atoms with Crippen molar-refractivity contribution in [3.8, 4) is 22.3 Å². The van der Waals surface area contributed by atoms with Crippen LogP contribution in [0.4, 0.5) is 0 Å². The van der Waals surface area contributed by atoms with Gasteiger partial charge in [-0.25, -0.2) is 0 Å². The van der Waals surface area contributed by atoms with Gasteiger partial charge in [-0.15, -0.1) is 0 Å². The molecular formula is C22H18Br2. The summed E-state index contributed by atoms with van der Waals surface area (Å²) in [5, 5.41) is 0. The average Bonchev–Trinajstić information content (AvgIpc) is 2.83. The Morgan fingerprint density at radius 3 is 2.12 bits per heavy atom. The Labute approximate surface area is 160 Å². The highest BCUT2D eigenvalue weighted by Gasteiger charge is 2.26.